The predicted octanol–water partition coefficient (Wildman–Crippen LogP) is 3.19. The Morgan fingerprint density at radius 3 is 2.67 bits per heavy atom. The molecule has 0 saturated carbocycles. The van der Waals surface area contributed by atoms with E-state index in [9.17, 15) is 5.11 Å². The van der Waals surface area contributed by atoms with Crippen LogP contribution in [0.4, 0.5) is 0 Å². The van der Waals surface area contributed by atoms with Gasteiger partial charge in [-0.2, -0.15) is 0 Å². The summed E-state index contributed by atoms with van der Waals surface area (Å²) in [7, 11) is 3.23. The van der Waals surface area contributed by atoms with Crippen molar-refractivity contribution in [1.29, 1.82) is 0 Å². The Morgan fingerprint density at radius 1 is 1.17 bits per heavy atom. The molecule has 0 aliphatic heterocycles. The molecule has 5 nitrogen and oxygen atoms in total. The highest BCUT2D eigenvalue weighted by atomic mass is 35.5. The number of nitrogens with zero attached hydrogens (tertiary/aromatic N) is 1. The first-order chi connectivity index (χ1) is 11.2. The quantitative estimate of drug-likeness (QED) is 0.683. The zero-order chi connectivity index (χ0) is 16.5. The van der Waals surface area contributed by atoms with Crippen LogP contribution in [0.1, 0.15) is 5.56 Å². The minimum absolute atomic E-state index is 0. The standard InChI is InChI=1S/C17H21NO4S.ClH/c1-20-15-6-7-16(21-2)13(9-15)10-22-11-14(19)12-23-17-5-3-4-8-18-17;/h3-9,14,19H,10-12H2,1-2H3;1H. The predicted molar refractivity (Wildman–Crippen MR) is 97.4 cm³/mol. The molecule has 0 bridgehead atoms. The molecule has 0 aliphatic carbocycles. The van der Waals surface area contributed by atoms with Crippen LogP contribution >= 0.6 is 24.2 Å². The molecule has 1 atom stereocenters. The van der Waals surface area contributed by atoms with Gasteiger partial charge in [-0.3, -0.25) is 0 Å². The lowest BCUT2D eigenvalue weighted by atomic mass is 10.2. The van der Waals surface area contributed by atoms with Gasteiger partial charge in [0.15, 0.2) is 0 Å². The largest absolute Gasteiger partial charge is 0.497 e. The van der Waals surface area contributed by atoms with Crippen LogP contribution in [0.2, 0.25) is 0 Å². The molecule has 2 aromatic rings. The number of hydrogen-bond donors (Lipinski definition) is 1. The van der Waals surface area contributed by atoms with Crippen LogP contribution in [0.25, 0.3) is 0 Å². The van der Waals surface area contributed by atoms with Crippen molar-refractivity contribution in [2.45, 2.75) is 17.7 Å². The zero-order valence-corrected chi connectivity index (χ0v) is 15.3. The van der Waals surface area contributed by atoms with Gasteiger partial charge in [0.1, 0.15) is 11.5 Å². The smallest absolute Gasteiger partial charge is 0.124 e. The topological polar surface area (TPSA) is 60.8 Å². The van der Waals surface area contributed by atoms with E-state index >= 15 is 0 Å². The molecule has 132 valence electrons. The van der Waals surface area contributed by atoms with Crippen molar-refractivity contribution in [3.63, 3.8) is 0 Å². The SMILES string of the molecule is COc1ccc(OC)c(COCC(O)CSc2ccccn2)c1.Cl. The first-order valence-corrected chi connectivity index (χ1v) is 8.22. The van der Waals surface area contributed by atoms with Crippen LogP contribution in [-0.4, -0.2) is 42.8 Å². The second kappa shape index (κ2) is 11.1. The number of aliphatic hydroxyl groups excluding tert-OH is 1. The van der Waals surface area contributed by atoms with Crippen molar-refractivity contribution >= 4 is 24.2 Å². The summed E-state index contributed by atoms with van der Waals surface area (Å²) in [5, 5.41) is 10.9. The number of hydrogen-bond acceptors (Lipinski definition) is 6. The summed E-state index contributed by atoms with van der Waals surface area (Å²) < 4.78 is 16.1. The van der Waals surface area contributed by atoms with Crippen molar-refractivity contribution in [1.82, 2.24) is 4.98 Å². The van der Waals surface area contributed by atoms with Crippen LogP contribution in [0, 0.1) is 0 Å². The molecule has 24 heavy (non-hydrogen) atoms. The number of ether oxygens (including phenoxy) is 3. The first-order valence-electron chi connectivity index (χ1n) is 7.23. The van der Waals surface area contributed by atoms with Crippen LogP contribution in [0.5, 0.6) is 11.5 Å². The highest BCUT2D eigenvalue weighted by Gasteiger charge is 2.09. The van der Waals surface area contributed by atoms with Gasteiger partial charge in [0, 0.05) is 17.5 Å². The monoisotopic (exact) mass is 371 g/mol. The molecule has 0 saturated heterocycles. The van der Waals surface area contributed by atoms with Gasteiger partial charge in [0.25, 0.3) is 0 Å². The van der Waals surface area contributed by atoms with Crippen LogP contribution in [0.3, 0.4) is 0 Å². The highest BCUT2D eigenvalue weighted by Crippen LogP contribution is 2.24. The van der Waals surface area contributed by atoms with Gasteiger partial charge in [0.2, 0.25) is 0 Å². The molecule has 0 amide bonds. The Bertz CT molecular complexity index is 600. The van der Waals surface area contributed by atoms with E-state index in [0.29, 0.717) is 12.4 Å². The Morgan fingerprint density at radius 2 is 2.00 bits per heavy atom. The Kier molecular flexibility index (Phi) is 9.56. The lowest BCUT2D eigenvalue weighted by molar-refractivity contribution is 0.0389. The normalized spacial score (nSPS) is 11.5. The van der Waals surface area contributed by atoms with Gasteiger partial charge in [-0.15, -0.1) is 24.2 Å². The maximum absolute atomic E-state index is 9.99. The van der Waals surface area contributed by atoms with Gasteiger partial charge in [-0.05, 0) is 30.3 Å². The first kappa shape index (κ1) is 20.6. The molecule has 1 N–H and O–H groups in total. The number of benzene rings is 1. The van der Waals surface area contributed by atoms with Crippen molar-refractivity contribution in [3.8, 4) is 11.5 Å². The van der Waals surface area contributed by atoms with Gasteiger partial charge < -0.3 is 19.3 Å². The fraction of sp³-hybridized carbons (Fsp3) is 0.353. The minimum atomic E-state index is -0.557. The van der Waals surface area contributed by atoms with Crippen LogP contribution in [-0.2, 0) is 11.3 Å². The summed E-state index contributed by atoms with van der Waals surface area (Å²) in [6.07, 6.45) is 1.18. The molecule has 2 rings (SSSR count). The molecule has 1 heterocycles. The Labute approximate surface area is 152 Å². The lowest BCUT2D eigenvalue weighted by Crippen LogP contribution is -2.18. The van der Waals surface area contributed by atoms with Gasteiger partial charge in [-0.1, -0.05) is 6.07 Å². The molecule has 0 radical (unpaired) electrons. The molecule has 0 fully saturated rings. The van der Waals surface area contributed by atoms with Crippen molar-refractivity contribution in [3.05, 3.63) is 48.2 Å². The van der Waals surface area contributed by atoms with Gasteiger partial charge >= 0.3 is 0 Å². The van der Waals surface area contributed by atoms with E-state index in [0.717, 1.165) is 22.1 Å². The summed E-state index contributed by atoms with van der Waals surface area (Å²) in [5.74, 6) is 2.02. The van der Waals surface area contributed by atoms with E-state index in [1.54, 1.807) is 20.4 Å². The van der Waals surface area contributed by atoms with E-state index in [-0.39, 0.29) is 19.0 Å². The molecule has 0 spiro atoms. The maximum Gasteiger partial charge on any atom is 0.124 e. The molecule has 1 aromatic carbocycles. The van der Waals surface area contributed by atoms with Crippen molar-refractivity contribution in [2.75, 3.05) is 26.6 Å². The third-order valence-electron chi connectivity index (χ3n) is 3.12. The summed E-state index contributed by atoms with van der Waals surface area (Å²) >= 11 is 1.50. The fourth-order valence-corrected chi connectivity index (χ4v) is 2.73. The molecule has 7 heteroatoms. The van der Waals surface area contributed by atoms with E-state index in [4.69, 9.17) is 14.2 Å². The Hall–Kier alpha value is -1.47. The second-order valence-corrected chi connectivity index (χ2v) is 5.87. The number of aliphatic hydroxyl groups is 1. The number of pyridine rings is 1. The second-order valence-electron chi connectivity index (χ2n) is 4.83. The van der Waals surface area contributed by atoms with E-state index in [2.05, 4.69) is 4.98 Å². The van der Waals surface area contributed by atoms with E-state index in [1.165, 1.54) is 11.8 Å². The van der Waals surface area contributed by atoms with E-state index in [1.807, 2.05) is 36.4 Å². The molecule has 1 aromatic heterocycles. The lowest BCUT2D eigenvalue weighted by Gasteiger charge is -2.13. The molecular formula is C17H22ClNO4S. The molecule has 1 unspecified atom stereocenters. The highest BCUT2D eigenvalue weighted by molar-refractivity contribution is 7.99. The van der Waals surface area contributed by atoms with Crippen molar-refractivity contribution < 1.29 is 19.3 Å². The third-order valence-corrected chi connectivity index (χ3v) is 4.21. The van der Waals surface area contributed by atoms with Gasteiger partial charge in [-0.25, -0.2) is 4.98 Å². The van der Waals surface area contributed by atoms with Crippen LogP contribution in [0.15, 0.2) is 47.6 Å². The number of rotatable bonds is 9. The molecule has 0 aliphatic rings. The van der Waals surface area contributed by atoms with Gasteiger partial charge in [0.05, 0.1) is 38.6 Å². The number of thioether (sulfide) groups is 1. The maximum atomic E-state index is 9.99. The Balaban J connectivity index is 0.00000288. The fourth-order valence-electron chi connectivity index (χ4n) is 1.96. The van der Waals surface area contributed by atoms with Crippen molar-refractivity contribution in [2.24, 2.45) is 0 Å². The van der Waals surface area contributed by atoms with Crippen LogP contribution < -0.4 is 9.47 Å². The minimum Gasteiger partial charge on any atom is -0.497 e. The summed E-state index contributed by atoms with van der Waals surface area (Å²) in [6.45, 7) is 0.603. The number of methoxy groups -OCH3 is 2. The number of aromatic nitrogens is 1. The number of halogens is 1. The molecular weight excluding hydrogens is 350 g/mol. The summed E-state index contributed by atoms with van der Waals surface area (Å²) in [5.41, 5.74) is 0.886. The van der Waals surface area contributed by atoms with E-state index < -0.39 is 6.10 Å². The average molecular weight is 372 g/mol. The average Bonchev–Trinajstić information content (AvgIpc) is 2.60. The summed E-state index contributed by atoms with van der Waals surface area (Å²) in [4.78, 5) is 4.20. The zero-order valence-electron chi connectivity index (χ0n) is 13.7. The third kappa shape index (κ3) is 6.57. The summed E-state index contributed by atoms with van der Waals surface area (Å²) in [6, 6.07) is 11.2.